The van der Waals surface area contributed by atoms with E-state index in [0.29, 0.717) is 17.1 Å². The van der Waals surface area contributed by atoms with Gasteiger partial charge >= 0.3 is 0 Å². The van der Waals surface area contributed by atoms with Crippen molar-refractivity contribution in [1.82, 2.24) is 9.78 Å². The molecule has 0 aliphatic rings. The standard InChI is InChI=1S/C15H19ClN2O2/c1-9(2)14-13(15(16)18(3)17-14)12(20)8-10-4-6-11(19)7-5-10/h4-7,9,12,19-20H,8H2,1-3H3. The molecular weight excluding hydrogens is 276 g/mol. The van der Waals surface area contributed by atoms with Crippen molar-refractivity contribution in [3.63, 3.8) is 0 Å². The third kappa shape index (κ3) is 2.97. The van der Waals surface area contributed by atoms with E-state index >= 15 is 0 Å². The number of phenolic OH excluding ortho intramolecular Hbond substituents is 1. The molecule has 0 bridgehead atoms. The highest BCUT2D eigenvalue weighted by molar-refractivity contribution is 6.30. The molecule has 0 fully saturated rings. The lowest BCUT2D eigenvalue weighted by Gasteiger charge is -2.13. The fourth-order valence-corrected chi connectivity index (χ4v) is 2.49. The van der Waals surface area contributed by atoms with Gasteiger partial charge < -0.3 is 10.2 Å². The molecule has 20 heavy (non-hydrogen) atoms. The second-order valence-electron chi connectivity index (χ2n) is 5.25. The van der Waals surface area contributed by atoms with Crippen molar-refractivity contribution in [1.29, 1.82) is 0 Å². The molecule has 5 heteroatoms. The smallest absolute Gasteiger partial charge is 0.132 e. The number of phenols is 1. The molecule has 0 saturated carbocycles. The largest absolute Gasteiger partial charge is 0.508 e. The Labute approximate surface area is 123 Å². The van der Waals surface area contributed by atoms with Gasteiger partial charge in [0.1, 0.15) is 10.9 Å². The number of aliphatic hydroxyl groups is 1. The highest BCUT2D eigenvalue weighted by Gasteiger charge is 2.23. The Morgan fingerprint density at radius 3 is 2.40 bits per heavy atom. The molecule has 1 aromatic carbocycles. The number of aromatic nitrogens is 2. The van der Waals surface area contributed by atoms with E-state index < -0.39 is 6.10 Å². The first-order valence-corrected chi connectivity index (χ1v) is 6.96. The van der Waals surface area contributed by atoms with Crippen LogP contribution in [0.3, 0.4) is 0 Å². The number of aromatic hydroxyl groups is 1. The summed E-state index contributed by atoms with van der Waals surface area (Å²) < 4.78 is 1.59. The van der Waals surface area contributed by atoms with Crippen molar-refractivity contribution < 1.29 is 10.2 Å². The number of halogens is 1. The predicted octanol–water partition coefficient (Wildman–Crippen LogP) is 3.18. The minimum absolute atomic E-state index is 0.193. The van der Waals surface area contributed by atoms with E-state index in [-0.39, 0.29) is 11.7 Å². The van der Waals surface area contributed by atoms with Crippen molar-refractivity contribution in [2.45, 2.75) is 32.3 Å². The first-order chi connectivity index (χ1) is 9.40. The van der Waals surface area contributed by atoms with Gasteiger partial charge in [-0.15, -0.1) is 0 Å². The highest BCUT2D eigenvalue weighted by atomic mass is 35.5. The van der Waals surface area contributed by atoms with Crippen LogP contribution >= 0.6 is 11.6 Å². The Bertz CT molecular complexity index is 591. The molecule has 1 atom stereocenters. The second-order valence-corrected chi connectivity index (χ2v) is 5.61. The van der Waals surface area contributed by atoms with Crippen molar-refractivity contribution in [3.8, 4) is 5.75 Å². The number of aryl methyl sites for hydroxylation is 1. The summed E-state index contributed by atoms with van der Waals surface area (Å²) >= 11 is 6.24. The van der Waals surface area contributed by atoms with Crippen LogP contribution in [0.25, 0.3) is 0 Å². The normalized spacial score (nSPS) is 12.9. The molecule has 0 radical (unpaired) electrons. The number of nitrogens with zero attached hydrogens (tertiary/aromatic N) is 2. The minimum atomic E-state index is -0.710. The summed E-state index contributed by atoms with van der Waals surface area (Å²) in [5.41, 5.74) is 2.45. The zero-order chi connectivity index (χ0) is 14.9. The summed E-state index contributed by atoms with van der Waals surface area (Å²) in [5.74, 6) is 0.406. The van der Waals surface area contributed by atoms with Gasteiger partial charge in [-0.25, -0.2) is 0 Å². The lowest BCUT2D eigenvalue weighted by Crippen LogP contribution is -2.05. The van der Waals surface area contributed by atoms with Gasteiger partial charge in [-0.1, -0.05) is 37.6 Å². The lowest BCUT2D eigenvalue weighted by molar-refractivity contribution is 0.177. The van der Waals surface area contributed by atoms with Crippen LogP contribution < -0.4 is 0 Å². The van der Waals surface area contributed by atoms with Crippen LogP contribution in [0.2, 0.25) is 5.15 Å². The summed E-state index contributed by atoms with van der Waals surface area (Å²) in [6.07, 6.45) is -0.274. The molecule has 2 N–H and O–H groups in total. The van der Waals surface area contributed by atoms with Gasteiger partial charge in [-0.2, -0.15) is 5.10 Å². The third-order valence-electron chi connectivity index (χ3n) is 3.29. The minimum Gasteiger partial charge on any atom is -0.508 e. The predicted molar refractivity (Wildman–Crippen MR) is 79.1 cm³/mol. The molecule has 108 valence electrons. The molecule has 0 spiro atoms. The van der Waals surface area contributed by atoms with E-state index in [1.165, 1.54) is 0 Å². The summed E-state index contributed by atoms with van der Waals surface area (Å²) in [6, 6.07) is 6.79. The molecule has 1 heterocycles. The molecule has 0 amide bonds. The van der Waals surface area contributed by atoms with E-state index in [1.54, 1.807) is 36.0 Å². The van der Waals surface area contributed by atoms with Crippen molar-refractivity contribution in [2.75, 3.05) is 0 Å². The van der Waals surface area contributed by atoms with Crippen LogP contribution in [-0.2, 0) is 13.5 Å². The summed E-state index contributed by atoms with van der Waals surface area (Å²) in [6.45, 7) is 4.05. The Kier molecular flexibility index (Phi) is 4.35. The number of hydrogen-bond donors (Lipinski definition) is 2. The molecule has 0 aliphatic carbocycles. The first kappa shape index (κ1) is 14.9. The SMILES string of the molecule is CC(C)c1nn(C)c(Cl)c1C(O)Cc1ccc(O)cc1. The quantitative estimate of drug-likeness (QED) is 0.910. The average Bonchev–Trinajstić information content (AvgIpc) is 2.69. The van der Waals surface area contributed by atoms with Gasteiger partial charge in [-0.3, -0.25) is 4.68 Å². The zero-order valence-electron chi connectivity index (χ0n) is 11.8. The number of benzene rings is 1. The van der Waals surface area contributed by atoms with E-state index in [9.17, 15) is 10.2 Å². The number of rotatable bonds is 4. The van der Waals surface area contributed by atoms with Gasteiger partial charge in [0.05, 0.1) is 11.8 Å². The van der Waals surface area contributed by atoms with Gasteiger partial charge in [0, 0.05) is 19.0 Å². The average molecular weight is 295 g/mol. The van der Waals surface area contributed by atoms with Crippen molar-refractivity contribution >= 4 is 11.6 Å². The summed E-state index contributed by atoms with van der Waals surface area (Å²) in [4.78, 5) is 0. The fourth-order valence-electron chi connectivity index (χ4n) is 2.23. The van der Waals surface area contributed by atoms with Gasteiger partial charge in [0.25, 0.3) is 0 Å². The van der Waals surface area contributed by atoms with Crippen molar-refractivity contribution in [2.24, 2.45) is 7.05 Å². The molecule has 0 aliphatic heterocycles. The van der Waals surface area contributed by atoms with Crippen LogP contribution in [0, 0.1) is 0 Å². The Morgan fingerprint density at radius 2 is 1.85 bits per heavy atom. The Morgan fingerprint density at radius 1 is 1.25 bits per heavy atom. The van der Waals surface area contributed by atoms with Crippen LogP contribution in [0.5, 0.6) is 5.75 Å². The summed E-state index contributed by atoms with van der Waals surface area (Å²) in [7, 11) is 1.77. The molecular formula is C15H19ClN2O2. The fraction of sp³-hybridized carbons (Fsp3) is 0.400. The van der Waals surface area contributed by atoms with Gasteiger partial charge in [0.15, 0.2) is 0 Å². The van der Waals surface area contributed by atoms with Gasteiger partial charge in [-0.05, 0) is 23.6 Å². The van der Waals surface area contributed by atoms with Crippen molar-refractivity contribution in [3.05, 3.63) is 46.2 Å². The monoisotopic (exact) mass is 294 g/mol. The molecule has 1 unspecified atom stereocenters. The van der Waals surface area contributed by atoms with E-state index in [0.717, 1.165) is 11.3 Å². The highest BCUT2D eigenvalue weighted by Crippen LogP contribution is 2.32. The summed E-state index contributed by atoms with van der Waals surface area (Å²) in [5, 5.41) is 24.6. The number of aliphatic hydroxyl groups excluding tert-OH is 1. The molecule has 0 saturated heterocycles. The maximum atomic E-state index is 10.5. The van der Waals surface area contributed by atoms with E-state index in [2.05, 4.69) is 5.10 Å². The maximum absolute atomic E-state index is 10.5. The van der Waals surface area contributed by atoms with E-state index in [4.69, 9.17) is 11.6 Å². The molecule has 2 rings (SSSR count). The molecule has 2 aromatic rings. The zero-order valence-corrected chi connectivity index (χ0v) is 12.6. The number of hydrogen-bond acceptors (Lipinski definition) is 3. The van der Waals surface area contributed by atoms with Crippen LogP contribution in [0.4, 0.5) is 0 Å². The third-order valence-corrected chi connectivity index (χ3v) is 3.73. The van der Waals surface area contributed by atoms with Crippen LogP contribution in [0.1, 0.15) is 42.7 Å². The Balaban J connectivity index is 2.29. The van der Waals surface area contributed by atoms with Crippen LogP contribution in [0.15, 0.2) is 24.3 Å². The second kappa shape index (κ2) is 5.85. The van der Waals surface area contributed by atoms with Crippen LogP contribution in [-0.4, -0.2) is 20.0 Å². The van der Waals surface area contributed by atoms with Gasteiger partial charge in [0.2, 0.25) is 0 Å². The topological polar surface area (TPSA) is 58.3 Å². The lowest BCUT2D eigenvalue weighted by atomic mass is 9.97. The Hall–Kier alpha value is -1.52. The maximum Gasteiger partial charge on any atom is 0.132 e. The first-order valence-electron chi connectivity index (χ1n) is 6.58. The molecule has 1 aromatic heterocycles. The van der Waals surface area contributed by atoms with E-state index in [1.807, 2.05) is 13.8 Å². The molecule has 4 nitrogen and oxygen atoms in total.